The largest absolute Gasteiger partial charge is 0.454 e. The molecule has 0 fully saturated rings. The van der Waals surface area contributed by atoms with Gasteiger partial charge < -0.3 is 19.5 Å². The van der Waals surface area contributed by atoms with Gasteiger partial charge in [-0.2, -0.15) is 0 Å². The molecular formula is C22H20N2O5. The average Bonchev–Trinajstić information content (AvgIpc) is 3.19. The molecule has 1 aliphatic heterocycles. The number of rotatable bonds is 5. The van der Waals surface area contributed by atoms with E-state index in [0.717, 1.165) is 16.8 Å². The van der Waals surface area contributed by atoms with E-state index in [-0.39, 0.29) is 6.79 Å². The number of aryl methyl sites for hydroxylation is 1. The summed E-state index contributed by atoms with van der Waals surface area (Å²) in [6, 6.07) is 12.5. The van der Waals surface area contributed by atoms with Gasteiger partial charge in [-0.3, -0.25) is 9.78 Å². The Morgan fingerprint density at radius 3 is 2.76 bits per heavy atom. The zero-order valence-electron chi connectivity index (χ0n) is 16.2. The predicted octanol–water partition coefficient (Wildman–Crippen LogP) is 3.63. The Morgan fingerprint density at radius 2 is 1.93 bits per heavy atom. The quantitative estimate of drug-likeness (QED) is 0.667. The highest BCUT2D eigenvalue weighted by Gasteiger charge is 2.20. The number of nitrogens with one attached hydrogen (secondary N) is 1. The summed E-state index contributed by atoms with van der Waals surface area (Å²) in [4.78, 5) is 29.6. The van der Waals surface area contributed by atoms with Crippen molar-refractivity contribution in [3.8, 4) is 11.5 Å². The maximum atomic E-state index is 12.8. The molecule has 0 atom stereocenters. The van der Waals surface area contributed by atoms with Crippen molar-refractivity contribution in [2.75, 3.05) is 18.7 Å². The molecule has 148 valence electrons. The van der Waals surface area contributed by atoms with Crippen molar-refractivity contribution in [3.63, 3.8) is 0 Å². The maximum Gasteiger partial charge on any atom is 0.339 e. The van der Waals surface area contributed by atoms with E-state index in [4.69, 9.17) is 14.2 Å². The first-order valence-corrected chi connectivity index (χ1v) is 9.31. The summed E-state index contributed by atoms with van der Waals surface area (Å²) in [5.74, 6) is 0.201. The minimum absolute atomic E-state index is 0.156. The molecule has 2 aromatic carbocycles. The summed E-state index contributed by atoms with van der Waals surface area (Å²) in [6.07, 6.45) is 0.696. The molecule has 0 radical (unpaired) electrons. The number of benzene rings is 2. The second kappa shape index (κ2) is 7.79. The number of amides is 1. The Bertz CT molecular complexity index is 1110. The topological polar surface area (TPSA) is 86.8 Å². The zero-order valence-corrected chi connectivity index (χ0v) is 16.2. The van der Waals surface area contributed by atoms with E-state index in [1.165, 1.54) is 0 Å². The lowest BCUT2D eigenvalue weighted by Crippen LogP contribution is -2.21. The number of para-hydroxylation sites is 1. The van der Waals surface area contributed by atoms with Crippen LogP contribution in [0.5, 0.6) is 11.5 Å². The Morgan fingerprint density at radius 1 is 1.14 bits per heavy atom. The van der Waals surface area contributed by atoms with Crippen molar-refractivity contribution in [1.29, 1.82) is 0 Å². The lowest BCUT2D eigenvalue weighted by atomic mass is 10.0. The van der Waals surface area contributed by atoms with Gasteiger partial charge in [-0.1, -0.05) is 25.1 Å². The van der Waals surface area contributed by atoms with Gasteiger partial charge in [0.25, 0.3) is 5.91 Å². The first kappa shape index (κ1) is 18.7. The fourth-order valence-corrected chi connectivity index (χ4v) is 3.34. The lowest BCUT2D eigenvalue weighted by Gasteiger charge is -2.13. The lowest BCUT2D eigenvalue weighted by molar-refractivity contribution is -0.119. The number of carbonyl (C=O) groups excluding carboxylic acids is 2. The Labute approximate surface area is 167 Å². The number of carbonyl (C=O) groups is 2. The smallest absolute Gasteiger partial charge is 0.339 e. The molecule has 29 heavy (non-hydrogen) atoms. The van der Waals surface area contributed by atoms with Crippen LogP contribution in [-0.4, -0.2) is 30.3 Å². The molecule has 3 aromatic rings. The van der Waals surface area contributed by atoms with Crippen LogP contribution in [0.15, 0.2) is 42.5 Å². The number of nitrogens with zero attached hydrogens (tertiary/aromatic N) is 1. The van der Waals surface area contributed by atoms with Gasteiger partial charge in [-0.05, 0) is 37.1 Å². The zero-order chi connectivity index (χ0) is 20.4. The van der Waals surface area contributed by atoms with Crippen LogP contribution >= 0.6 is 0 Å². The molecule has 2 heterocycles. The summed E-state index contributed by atoms with van der Waals surface area (Å²) >= 11 is 0. The molecule has 1 amide bonds. The van der Waals surface area contributed by atoms with Crippen LogP contribution in [0.2, 0.25) is 0 Å². The number of aromatic nitrogens is 1. The molecule has 7 nitrogen and oxygen atoms in total. The van der Waals surface area contributed by atoms with E-state index in [0.29, 0.717) is 34.6 Å². The van der Waals surface area contributed by atoms with Crippen LogP contribution < -0.4 is 14.8 Å². The summed E-state index contributed by atoms with van der Waals surface area (Å²) in [5, 5.41) is 3.40. The highest BCUT2D eigenvalue weighted by atomic mass is 16.7. The van der Waals surface area contributed by atoms with E-state index in [1.807, 2.05) is 38.1 Å². The number of fused-ring (bicyclic) bond motifs is 2. The molecular weight excluding hydrogens is 372 g/mol. The molecule has 7 heteroatoms. The van der Waals surface area contributed by atoms with E-state index in [2.05, 4.69) is 10.3 Å². The van der Waals surface area contributed by atoms with Gasteiger partial charge in [0.2, 0.25) is 6.79 Å². The van der Waals surface area contributed by atoms with Crippen LogP contribution in [0.25, 0.3) is 10.9 Å². The Balaban J connectivity index is 1.48. The number of hydrogen-bond acceptors (Lipinski definition) is 6. The SMILES string of the molecule is CCc1nc2ccccc2c(C(=O)OCC(=O)Nc2ccc3c(c2)OCO3)c1C. The molecule has 0 bridgehead atoms. The van der Waals surface area contributed by atoms with Gasteiger partial charge >= 0.3 is 5.97 Å². The van der Waals surface area contributed by atoms with Crippen molar-refractivity contribution in [2.24, 2.45) is 0 Å². The third kappa shape index (κ3) is 3.71. The fraction of sp³-hybridized carbons (Fsp3) is 0.227. The summed E-state index contributed by atoms with van der Waals surface area (Å²) in [6.45, 7) is 3.59. The Hall–Kier alpha value is -3.61. The minimum Gasteiger partial charge on any atom is -0.454 e. The van der Waals surface area contributed by atoms with Crippen LogP contribution in [0.4, 0.5) is 5.69 Å². The summed E-state index contributed by atoms with van der Waals surface area (Å²) < 4.78 is 15.8. The molecule has 1 aliphatic rings. The van der Waals surface area contributed by atoms with Gasteiger partial charge in [0.1, 0.15) is 0 Å². The second-order valence-electron chi connectivity index (χ2n) is 6.62. The minimum atomic E-state index is -0.545. The van der Waals surface area contributed by atoms with Crippen molar-refractivity contribution in [2.45, 2.75) is 20.3 Å². The van der Waals surface area contributed by atoms with Crippen LogP contribution in [0.3, 0.4) is 0 Å². The molecule has 4 rings (SSSR count). The molecule has 0 spiro atoms. The fourth-order valence-electron chi connectivity index (χ4n) is 3.34. The van der Waals surface area contributed by atoms with Gasteiger partial charge in [-0.15, -0.1) is 0 Å². The number of pyridine rings is 1. The molecule has 0 saturated carbocycles. The molecule has 1 N–H and O–H groups in total. The average molecular weight is 392 g/mol. The van der Waals surface area contributed by atoms with Crippen molar-refractivity contribution < 1.29 is 23.8 Å². The number of anilines is 1. The van der Waals surface area contributed by atoms with E-state index in [1.54, 1.807) is 18.2 Å². The molecule has 0 unspecified atom stereocenters. The maximum absolute atomic E-state index is 12.8. The van der Waals surface area contributed by atoms with E-state index in [9.17, 15) is 9.59 Å². The molecule has 0 saturated heterocycles. The van der Waals surface area contributed by atoms with Gasteiger partial charge in [0, 0.05) is 22.8 Å². The first-order valence-electron chi connectivity index (χ1n) is 9.31. The Kier molecular flexibility index (Phi) is 5.03. The normalized spacial score (nSPS) is 12.1. The second-order valence-corrected chi connectivity index (χ2v) is 6.62. The first-order chi connectivity index (χ1) is 14.1. The molecule has 0 aliphatic carbocycles. The predicted molar refractivity (Wildman–Crippen MR) is 107 cm³/mol. The van der Waals surface area contributed by atoms with E-state index < -0.39 is 18.5 Å². The van der Waals surface area contributed by atoms with Crippen molar-refractivity contribution in [3.05, 3.63) is 59.3 Å². The van der Waals surface area contributed by atoms with Crippen molar-refractivity contribution >= 4 is 28.5 Å². The standard InChI is InChI=1S/C22H20N2O5/c1-3-16-13(2)21(15-6-4-5-7-17(15)24-16)22(26)27-11-20(25)23-14-8-9-18-19(10-14)29-12-28-18/h4-10H,3,11-12H2,1-2H3,(H,23,25). The number of esters is 1. The van der Waals surface area contributed by atoms with Gasteiger partial charge in [0.15, 0.2) is 18.1 Å². The third-order valence-corrected chi connectivity index (χ3v) is 4.77. The number of ether oxygens (including phenoxy) is 3. The van der Waals surface area contributed by atoms with E-state index >= 15 is 0 Å². The van der Waals surface area contributed by atoms with Crippen LogP contribution in [0, 0.1) is 6.92 Å². The van der Waals surface area contributed by atoms with Gasteiger partial charge in [-0.25, -0.2) is 4.79 Å². The highest BCUT2D eigenvalue weighted by molar-refractivity contribution is 6.06. The number of hydrogen-bond donors (Lipinski definition) is 1. The van der Waals surface area contributed by atoms with Crippen LogP contribution in [-0.2, 0) is 16.0 Å². The van der Waals surface area contributed by atoms with Gasteiger partial charge in [0.05, 0.1) is 11.1 Å². The summed E-state index contributed by atoms with van der Waals surface area (Å²) in [7, 11) is 0. The highest BCUT2D eigenvalue weighted by Crippen LogP contribution is 2.34. The third-order valence-electron chi connectivity index (χ3n) is 4.77. The molecule has 1 aromatic heterocycles. The monoisotopic (exact) mass is 392 g/mol. The van der Waals surface area contributed by atoms with Crippen molar-refractivity contribution in [1.82, 2.24) is 4.98 Å². The van der Waals surface area contributed by atoms with Crippen LogP contribution in [0.1, 0.15) is 28.5 Å². The summed E-state index contributed by atoms with van der Waals surface area (Å²) in [5.41, 5.74) is 3.32.